The highest BCUT2D eigenvalue weighted by molar-refractivity contribution is 5.90. The molecular weight excluding hydrogens is 198 g/mol. The van der Waals surface area contributed by atoms with E-state index in [4.69, 9.17) is 9.84 Å². The fourth-order valence-electron chi connectivity index (χ4n) is 1.12. The van der Waals surface area contributed by atoms with Crippen molar-refractivity contribution in [3.63, 3.8) is 0 Å². The normalized spacial score (nSPS) is 9.40. The Labute approximate surface area is 86.7 Å². The molecule has 2 N–H and O–H groups in total. The Morgan fingerprint density at radius 1 is 1.60 bits per heavy atom. The molecular formula is C10H11NO4. The van der Waals surface area contributed by atoms with Crippen molar-refractivity contribution in [3.8, 4) is 5.75 Å². The molecule has 0 saturated heterocycles. The molecule has 1 amide bonds. The number of anilines is 1. The molecule has 1 aromatic carbocycles. The number of carboxylic acid groups (broad SMARTS) is 1. The van der Waals surface area contributed by atoms with Crippen LogP contribution >= 0.6 is 0 Å². The van der Waals surface area contributed by atoms with Crippen molar-refractivity contribution in [3.05, 3.63) is 23.8 Å². The highest BCUT2D eigenvalue weighted by atomic mass is 16.5. The first-order valence-corrected chi connectivity index (χ1v) is 4.39. The van der Waals surface area contributed by atoms with Crippen molar-refractivity contribution < 1.29 is 19.4 Å². The van der Waals surface area contributed by atoms with Crippen LogP contribution in [0.15, 0.2) is 18.2 Å². The lowest BCUT2D eigenvalue weighted by Gasteiger charge is -2.09. The van der Waals surface area contributed by atoms with Gasteiger partial charge in [0.1, 0.15) is 5.75 Å². The number of hydrogen-bond acceptors (Lipinski definition) is 3. The van der Waals surface area contributed by atoms with Crippen LogP contribution in [0, 0.1) is 0 Å². The predicted octanol–water partition coefficient (Wildman–Crippen LogP) is 1.35. The molecule has 5 nitrogen and oxygen atoms in total. The number of carbonyl (C=O) groups excluding carboxylic acids is 1. The smallest absolute Gasteiger partial charge is 0.335 e. The van der Waals surface area contributed by atoms with E-state index in [2.05, 4.69) is 5.32 Å². The lowest BCUT2D eigenvalue weighted by Crippen LogP contribution is -2.03. The minimum Gasteiger partial charge on any atom is -0.492 e. The van der Waals surface area contributed by atoms with E-state index in [-0.39, 0.29) is 5.56 Å². The molecule has 0 aliphatic rings. The van der Waals surface area contributed by atoms with Gasteiger partial charge in [-0.25, -0.2) is 4.79 Å². The lowest BCUT2D eigenvalue weighted by atomic mass is 10.2. The summed E-state index contributed by atoms with van der Waals surface area (Å²) in [6.07, 6.45) is 0.476. The van der Waals surface area contributed by atoms with Gasteiger partial charge < -0.3 is 15.2 Å². The summed E-state index contributed by atoms with van der Waals surface area (Å²) >= 11 is 0. The van der Waals surface area contributed by atoms with Crippen LogP contribution in [0.5, 0.6) is 5.75 Å². The number of ether oxygens (including phenoxy) is 1. The van der Waals surface area contributed by atoms with Gasteiger partial charge in [0.05, 0.1) is 17.9 Å². The molecule has 1 aromatic rings. The molecule has 0 fully saturated rings. The van der Waals surface area contributed by atoms with E-state index in [0.717, 1.165) is 0 Å². The van der Waals surface area contributed by atoms with Crippen molar-refractivity contribution in [1.29, 1.82) is 0 Å². The summed E-state index contributed by atoms with van der Waals surface area (Å²) in [6, 6.07) is 4.28. The summed E-state index contributed by atoms with van der Waals surface area (Å²) in [6.45, 7) is 2.25. The molecule has 15 heavy (non-hydrogen) atoms. The molecule has 0 radical (unpaired) electrons. The second-order valence-corrected chi connectivity index (χ2v) is 2.71. The van der Waals surface area contributed by atoms with Gasteiger partial charge in [0.2, 0.25) is 6.41 Å². The number of carboxylic acids is 1. The van der Waals surface area contributed by atoms with Gasteiger partial charge in [-0.15, -0.1) is 0 Å². The van der Waals surface area contributed by atoms with E-state index in [0.29, 0.717) is 24.5 Å². The van der Waals surface area contributed by atoms with Crippen LogP contribution in [0.4, 0.5) is 5.69 Å². The number of aromatic carboxylic acids is 1. The Bertz CT molecular complexity index is 376. The van der Waals surface area contributed by atoms with E-state index >= 15 is 0 Å². The molecule has 0 unspecified atom stereocenters. The minimum absolute atomic E-state index is 0.0998. The highest BCUT2D eigenvalue weighted by Crippen LogP contribution is 2.25. The van der Waals surface area contributed by atoms with Gasteiger partial charge in [-0.05, 0) is 25.1 Å². The van der Waals surface area contributed by atoms with Gasteiger partial charge in [0.25, 0.3) is 0 Å². The van der Waals surface area contributed by atoms with Crippen LogP contribution in [-0.2, 0) is 4.79 Å². The number of rotatable bonds is 5. The van der Waals surface area contributed by atoms with Gasteiger partial charge in [0.15, 0.2) is 0 Å². The van der Waals surface area contributed by atoms with Gasteiger partial charge in [-0.3, -0.25) is 4.79 Å². The first-order valence-electron chi connectivity index (χ1n) is 4.39. The molecule has 0 aliphatic carbocycles. The number of benzene rings is 1. The SMILES string of the molecule is CCOc1ccc(C(=O)O)cc1NC=O. The summed E-state index contributed by atoms with van der Waals surface area (Å²) in [7, 11) is 0. The van der Waals surface area contributed by atoms with Crippen LogP contribution in [0.2, 0.25) is 0 Å². The Kier molecular flexibility index (Phi) is 3.68. The van der Waals surface area contributed by atoms with Crippen LogP contribution in [0.25, 0.3) is 0 Å². The monoisotopic (exact) mass is 209 g/mol. The summed E-state index contributed by atoms with van der Waals surface area (Å²) in [5.74, 6) is -0.596. The standard InChI is InChI=1S/C10H11NO4/c1-2-15-9-4-3-7(10(13)14)5-8(9)11-6-12/h3-6H,2H2,1H3,(H,11,12)(H,13,14). The number of amides is 1. The van der Waals surface area contributed by atoms with Crippen molar-refractivity contribution in [1.82, 2.24) is 0 Å². The molecule has 0 bridgehead atoms. The molecule has 0 aliphatic heterocycles. The molecule has 1 rings (SSSR count). The zero-order valence-electron chi connectivity index (χ0n) is 8.19. The Balaban J connectivity index is 3.07. The topological polar surface area (TPSA) is 75.6 Å². The van der Waals surface area contributed by atoms with Gasteiger partial charge >= 0.3 is 5.97 Å². The summed E-state index contributed by atoms with van der Waals surface area (Å²) < 4.78 is 5.21. The van der Waals surface area contributed by atoms with E-state index in [1.807, 2.05) is 0 Å². The van der Waals surface area contributed by atoms with E-state index in [9.17, 15) is 9.59 Å². The molecule has 80 valence electrons. The summed E-state index contributed by atoms with van der Waals surface area (Å²) in [4.78, 5) is 21.0. The number of carbonyl (C=O) groups is 2. The van der Waals surface area contributed by atoms with Crippen LogP contribution in [0.1, 0.15) is 17.3 Å². The lowest BCUT2D eigenvalue weighted by molar-refractivity contribution is -0.105. The Morgan fingerprint density at radius 3 is 2.87 bits per heavy atom. The maximum absolute atomic E-state index is 10.7. The quantitative estimate of drug-likeness (QED) is 0.718. The first-order chi connectivity index (χ1) is 7.19. The number of nitrogens with one attached hydrogen (secondary N) is 1. The van der Waals surface area contributed by atoms with E-state index in [1.165, 1.54) is 18.2 Å². The van der Waals surface area contributed by atoms with Crippen molar-refractivity contribution in [2.24, 2.45) is 0 Å². The van der Waals surface area contributed by atoms with Crippen molar-refractivity contribution in [2.45, 2.75) is 6.92 Å². The van der Waals surface area contributed by atoms with Crippen molar-refractivity contribution in [2.75, 3.05) is 11.9 Å². The molecule has 0 atom stereocenters. The third-order valence-electron chi connectivity index (χ3n) is 1.74. The molecule has 0 aromatic heterocycles. The maximum Gasteiger partial charge on any atom is 0.335 e. The first kappa shape index (κ1) is 11.0. The zero-order chi connectivity index (χ0) is 11.3. The predicted molar refractivity (Wildman–Crippen MR) is 54.3 cm³/mol. The van der Waals surface area contributed by atoms with Gasteiger partial charge in [-0.2, -0.15) is 0 Å². The van der Waals surface area contributed by atoms with Crippen LogP contribution in [0.3, 0.4) is 0 Å². The van der Waals surface area contributed by atoms with E-state index in [1.54, 1.807) is 6.92 Å². The van der Waals surface area contributed by atoms with Gasteiger partial charge in [0, 0.05) is 0 Å². The number of hydrogen-bond donors (Lipinski definition) is 2. The zero-order valence-corrected chi connectivity index (χ0v) is 8.19. The highest BCUT2D eigenvalue weighted by Gasteiger charge is 2.08. The third-order valence-corrected chi connectivity index (χ3v) is 1.74. The summed E-state index contributed by atoms with van der Waals surface area (Å²) in [5.41, 5.74) is 0.453. The second kappa shape index (κ2) is 4.99. The second-order valence-electron chi connectivity index (χ2n) is 2.71. The summed E-state index contributed by atoms with van der Waals surface area (Å²) in [5, 5.41) is 11.1. The average molecular weight is 209 g/mol. The molecule has 0 spiro atoms. The van der Waals surface area contributed by atoms with E-state index < -0.39 is 5.97 Å². The third kappa shape index (κ3) is 2.70. The largest absolute Gasteiger partial charge is 0.492 e. The van der Waals surface area contributed by atoms with Gasteiger partial charge in [-0.1, -0.05) is 0 Å². The average Bonchev–Trinajstić information content (AvgIpc) is 2.21. The fraction of sp³-hybridized carbons (Fsp3) is 0.200. The van der Waals surface area contributed by atoms with Crippen LogP contribution in [-0.4, -0.2) is 24.1 Å². The fourth-order valence-corrected chi connectivity index (χ4v) is 1.12. The Morgan fingerprint density at radius 2 is 2.33 bits per heavy atom. The molecule has 5 heteroatoms. The minimum atomic E-state index is -1.05. The molecule has 0 heterocycles. The van der Waals surface area contributed by atoms with Crippen LogP contribution < -0.4 is 10.1 Å². The maximum atomic E-state index is 10.7. The Hall–Kier alpha value is -2.04. The van der Waals surface area contributed by atoms with Crippen molar-refractivity contribution >= 4 is 18.1 Å². The molecule has 0 saturated carbocycles.